The van der Waals surface area contributed by atoms with Gasteiger partial charge < -0.3 is 15.2 Å². The Kier molecular flexibility index (Phi) is 7.87. The smallest absolute Gasteiger partial charge is 0.317 e. The number of para-hydroxylation sites is 2. The summed E-state index contributed by atoms with van der Waals surface area (Å²) in [6.07, 6.45) is 1.76. The topological polar surface area (TPSA) is 82.1 Å². The van der Waals surface area contributed by atoms with Crippen LogP contribution in [0.25, 0.3) is 0 Å². The minimum absolute atomic E-state index is 0.0616. The summed E-state index contributed by atoms with van der Waals surface area (Å²) in [5.74, 6) is -0.176. The van der Waals surface area contributed by atoms with E-state index in [1.165, 1.54) is 0 Å². The molecule has 0 spiro atoms. The lowest BCUT2D eigenvalue weighted by molar-refractivity contribution is -0.139. The molecule has 2 rings (SSSR count). The molecule has 0 unspecified atom stereocenters. The first-order valence-electron chi connectivity index (χ1n) is 9.23. The van der Waals surface area contributed by atoms with Crippen LogP contribution in [-0.4, -0.2) is 72.2 Å². The lowest BCUT2D eigenvalue weighted by Crippen LogP contribution is -2.48. The zero-order valence-corrected chi connectivity index (χ0v) is 15.6. The van der Waals surface area contributed by atoms with Crippen molar-refractivity contribution in [3.63, 3.8) is 0 Å². The maximum atomic E-state index is 12.4. The number of hydrogen-bond acceptors (Lipinski definition) is 5. The summed E-state index contributed by atoms with van der Waals surface area (Å²) in [5.41, 5.74) is 0.688. The minimum atomic E-state index is -0.790. The van der Waals surface area contributed by atoms with Crippen molar-refractivity contribution in [2.24, 2.45) is 0 Å². The first kappa shape index (κ1) is 20.2. The van der Waals surface area contributed by atoms with Crippen LogP contribution in [-0.2, 0) is 9.59 Å². The Balaban J connectivity index is 1.82. The van der Waals surface area contributed by atoms with Gasteiger partial charge in [0.05, 0.1) is 25.4 Å². The second kappa shape index (κ2) is 10.1. The van der Waals surface area contributed by atoms with Crippen LogP contribution >= 0.6 is 0 Å². The van der Waals surface area contributed by atoms with Crippen molar-refractivity contribution in [3.05, 3.63) is 24.3 Å². The van der Waals surface area contributed by atoms with Gasteiger partial charge in [0.25, 0.3) is 0 Å². The molecule has 144 valence electrons. The first-order valence-corrected chi connectivity index (χ1v) is 9.23. The Morgan fingerprint density at radius 2 is 1.96 bits per heavy atom. The van der Waals surface area contributed by atoms with E-state index in [2.05, 4.69) is 10.2 Å². The van der Waals surface area contributed by atoms with E-state index < -0.39 is 5.97 Å². The molecule has 1 saturated heterocycles. The average Bonchev–Trinajstić information content (AvgIpc) is 2.62. The van der Waals surface area contributed by atoms with Crippen molar-refractivity contribution < 1.29 is 19.4 Å². The van der Waals surface area contributed by atoms with Gasteiger partial charge >= 0.3 is 5.97 Å². The van der Waals surface area contributed by atoms with E-state index >= 15 is 0 Å². The van der Waals surface area contributed by atoms with E-state index in [4.69, 9.17) is 9.84 Å². The molecule has 2 N–H and O–H groups in total. The predicted molar refractivity (Wildman–Crippen MR) is 101 cm³/mol. The normalized spacial score (nSPS) is 15.8. The number of nitrogens with one attached hydrogen (secondary N) is 1. The molecule has 0 saturated carbocycles. The summed E-state index contributed by atoms with van der Waals surface area (Å²) < 4.78 is 5.53. The summed E-state index contributed by atoms with van der Waals surface area (Å²) >= 11 is 0. The third-order valence-electron chi connectivity index (χ3n) is 4.65. The molecule has 7 heteroatoms. The lowest BCUT2D eigenvalue weighted by atomic mass is 10.0. The van der Waals surface area contributed by atoms with Gasteiger partial charge in [-0.1, -0.05) is 19.1 Å². The zero-order chi connectivity index (χ0) is 18.9. The van der Waals surface area contributed by atoms with E-state index in [0.29, 0.717) is 24.6 Å². The Hall–Kier alpha value is -2.12. The van der Waals surface area contributed by atoms with Gasteiger partial charge in [-0.25, -0.2) is 0 Å². The summed E-state index contributed by atoms with van der Waals surface area (Å²) in [6, 6.07) is 7.69. The van der Waals surface area contributed by atoms with Gasteiger partial charge in [-0.15, -0.1) is 0 Å². The first-order chi connectivity index (χ1) is 12.5. The molecule has 26 heavy (non-hydrogen) atoms. The van der Waals surface area contributed by atoms with E-state index in [1.807, 2.05) is 43.0 Å². The zero-order valence-electron chi connectivity index (χ0n) is 15.6. The molecule has 0 radical (unpaired) electrons. The average molecular weight is 363 g/mol. The van der Waals surface area contributed by atoms with E-state index in [-0.39, 0.29) is 18.5 Å². The van der Waals surface area contributed by atoms with Gasteiger partial charge in [0.1, 0.15) is 5.75 Å². The Morgan fingerprint density at radius 1 is 1.27 bits per heavy atom. The molecular weight excluding hydrogens is 334 g/mol. The third-order valence-corrected chi connectivity index (χ3v) is 4.65. The van der Waals surface area contributed by atoms with Crippen LogP contribution in [0.1, 0.15) is 26.7 Å². The molecular formula is C19H29N3O4. The van der Waals surface area contributed by atoms with Crippen LogP contribution in [0.5, 0.6) is 5.75 Å². The number of aliphatic carboxylic acids is 1. The molecule has 1 aromatic rings. The van der Waals surface area contributed by atoms with Crippen molar-refractivity contribution in [1.29, 1.82) is 0 Å². The molecule has 1 aliphatic heterocycles. The lowest BCUT2D eigenvalue weighted by Gasteiger charge is -2.37. The van der Waals surface area contributed by atoms with Crippen LogP contribution in [0.2, 0.25) is 0 Å². The molecule has 1 amide bonds. The second-order valence-electron chi connectivity index (χ2n) is 6.44. The molecule has 1 aromatic carbocycles. The fourth-order valence-electron chi connectivity index (χ4n) is 3.36. The quantitative estimate of drug-likeness (QED) is 0.697. The standard InChI is InChI=1S/C19H29N3O4/c1-3-22(14-19(24)25)15-9-11-21(12-10-15)13-18(23)20-16-7-5-6-8-17(16)26-4-2/h5-8,15H,3-4,9-14H2,1-2H3,(H,20,23)(H,24,25). The summed E-state index contributed by atoms with van der Waals surface area (Å²) in [7, 11) is 0. The number of amides is 1. The SMILES string of the molecule is CCOc1ccccc1NC(=O)CN1CCC(N(CC)CC(=O)O)CC1. The number of ether oxygens (including phenoxy) is 1. The number of carboxylic acids is 1. The summed E-state index contributed by atoms with van der Waals surface area (Å²) in [5, 5.41) is 11.9. The maximum Gasteiger partial charge on any atom is 0.317 e. The van der Waals surface area contributed by atoms with E-state index in [9.17, 15) is 9.59 Å². The highest BCUT2D eigenvalue weighted by atomic mass is 16.5. The van der Waals surface area contributed by atoms with Gasteiger partial charge in [0.2, 0.25) is 5.91 Å². The van der Waals surface area contributed by atoms with Crippen LogP contribution in [0.15, 0.2) is 24.3 Å². The molecule has 0 aliphatic carbocycles. The van der Waals surface area contributed by atoms with Crippen LogP contribution in [0, 0.1) is 0 Å². The molecule has 0 aromatic heterocycles. The Labute approximate surface area is 154 Å². The molecule has 1 heterocycles. The highest BCUT2D eigenvalue weighted by Crippen LogP contribution is 2.24. The molecule has 0 bridgehead atoms. The van der Waals surface area contributed by atoms with Gasteiger partial charge in [-0.3, -0.25) is 19.4 Å². The Bertz CT molecular complexity index is 600. The van der Waals surface area contributed by atoms with Gasteiger partial charge in [-0.05, 0) is 38.4 Å². The number of likely N-dealkylation sites (tertiary alicyclic amines) is 1. The van der Waals surface area contributed by atoms with Crippen molar-refractivity contribution in [3.8, 4) is 5.75 Å². The third kappa shape index (κ3) is 6.00. The van der Waals surface area contributed by atoms with Gasteiger partial charge in [-0.2, -0.15) is 0 Å². The number of anilines is 1. The molecule has 0 atom stereocenters. The second-order valence-corrected chi connectivity index (χ2v) is 6.44. The van der Waals surface area contributed by atoms with Crippen LogP contribution < -0.4 is 10.1 Å². The fraction of sp³-hybridized carbons (Fsp3) is 0.579. The monoisotopic (exact) mass is 363 g/mol. The van der Waals surface area contributed by atoms with Crippen molar-refractivity contribution in [2.75, 3.05) is 44.6 Å². The highest BCUT2D eigenvalue weighted by Gasteiger charge is 2.26. The number of piperidine rings is 1. The molecule has 7 nitrogen and oxygen atoms in total. The number of carbonyl (C=O) groups excluding carboxylic acids is 1. The number of carboxylic acid groups (broad SMARTS) is 1. The number of rotatable bonds is 9. The number of benzene rings is 1. The van der Waals surface area contributed by atoms with Crippen LogP contribution in [0.4, 0.5) is 5.69 Å². The fourth-order valence-corrected chi connectivity index (χ4v) is 3.36. The number of likely N-dealkylation sites (N-methyl/N-ethyl adjacent to an activating group) is 1. The number of nitrogens with zero attached hydrogens (tertiary/aromatic N) is 2. The predicted octanol–water partition coefficient (Wildman–Crippen LogP) is 1.89. The maximum absolute atomic E-state index is 12.4. The highest BCUT2D eigenvalue weighted by molar-refractivity contribution is 5.93. The summed E-state index contributed by atoms with van der Waals surface area (Å²) in [6.45, 7) is 7.17. The van der Waals surface area contributed by atoms with E-state index in [1.54, 1.807) is 0 Å². The number of hydrogen-bond donors (Lipinski definition) is 2. The van der Waals surface area contributed by atoms with Gasteiger partial charge in [0, 0.05) is 19.1 Å². The van der Waals surface area contributed by atoms with Gasteiger partial charge in [0.15, 0.2) is 0 Å². The largest absolute Gasteiger partial charge is 0.492 e. The Morgan fingerprint density at radius 3 is 2.58 bits per heavy atom. The summed E-state index contributed by atoms with van der Waals surface area (Å²) in [4.78, 5) is 27.4. The van der Waals surface area contributed by atoms with Crippen molar-refractivity contribution in [2.45, 2.75) is 32.7 Å². The molecule has 1 aliphatic rings. The van der Waals surface area contributed by atoms with Crippen molar-refractivity contribution in [1.82, 2.24) is 9.80 Å². The minimum Gasteiger partial charge on any atom is -0.492 e. The molecule has 1 fully saturated rings. The van der Waals surface area contributed by atoms with E-state index in [0.717, 1.165) is 32.5 Å². The number of carbonyl (C=O) groups is 2. The van der Waals surface area contributed by atoms with Crippen LogP contribution in [0.3, 0.4) is 0 Å². The van der Waals surface area contributed by atoms with Crippen molar-refractivity contribution >= 4 is 17.6 Å².